The van der Waals surface area contributed by atoms with Gasteiger partial charge in [-0.15, -0.1) is 0 Å². The predicted octanol–water partition coefficient (Wildman–Crippen LogP) is 4.03. The van der Waals surface area contributed by atoms with Crippen LogP contribution in [0.2, 0.25) is 0 Å². The molecule has 3 aromatic carbocycles. The van der Waals surface area contributed by atoms with Crippen LogP contribution in [0.15, 0.2) is 90.0 Å². The highest BCUT2D eigenvalue weighted by atomic mass is 19.1. The van der Waals surface area contributed by atoms with Crippen molar-refractivity contribution in [3.8, 4) is 0 Å². The summed E-state index contributed by atoms with van der Waals surface area (Å²) in [6, 6.07) is 25.8. The minimum absolute atomic E-state index is 0.133. The number of benzene rings is 3. The zero-order chi connectivity index (χ0) is 24.9. The molecule has 0 saturated carbocycles. The molecule has 36 heavy (non-hydrogen) atoms. The first-order chi connectivity index (χ1) is 17.6. The van der Waals surface area contributed by atoms with Gasteiger partial charge in [0, 0.05) is 38.3 Å². The predicted molar refractivity (Wildman–Crippen MR) is 136 cm³/mol. The van der Waals surface area contributed by atoms with Crippen molar-refractivity contribution in [2.24, 2.45) is 5.10 Å². The van der Waals surface area contributed by atoms with Gasteiger partial charge in [-0.25, -0.2) is 9.18 Å². The van der Waals surface area contributed by atoms with Gasteiger partial charge in [0.25, 0.3) is 5.91 Å². The molecule has 0 aromatic heterocycles. The molecule has 0 N–H and O–H groups in total. The van der Waals surface area contributed by atoms with Gasteiger partial charge in [-0.1, -0.05) is 48.5 Å². The van der Waals surface area contributed by atoms with Crippen molar-refractivity contribution in [3.63, 3.8) is 0 Å². The number of hydrogen-bond donors (Lipinski definition) is 0. The van der Waals surface area contributed by atoms with Crippen LogP contribution >= 0.6 is 0 Å². The SMILES string of the molecule is O=C(OCC(=O)N1CCN(c2ccc(F)cc2)CC1)C1=NN(c2ccccc2)C(c2ccccc2)C1. The zero-order valence-corrected chi connectivity index (χ0v) is 19.8. The van der Waals surface area contributed by atoms with Crippen molar-refractivity contribution < 1.29 is 18.7 Å². The Bertz CT molecular complexity index is 1230. The maximum Gasteiger partial charge on any atom is 0.355 e. The number of para-hydroxylation sites is 1. The van der Waals surface area contributed by atoms with Gasteiger partial charge in [0.2, 0.25) is 0 Å². The summed E-state index contributed by atoms with van der Waals surface area (Å²) in [7, 11) is 0. The topological polar surface area (TPSA) is 65.5 Å². The summed E-state index contributed by atoms with van der Waals surface area (Å²) >= 11 is 0. The van der Waals surface area contributed by atoms with E-state index in [-0.39, 0.29) is 24.4 Å². The summed E-state index contributed by atoms with van der Waals surface area (Å²) in [5.74, 6) is -1.09. The molecular weight excluding hydrogens is 459 g/mol. The highest BCUT2D eigenvalue weighted by molar-refractivity contribution is 6.37. The molecule has 0 spiro atoms. The lowest BCUT2D eigenvalue weighted by atomic mass is 10.0. The second-order valence-corrected chi connectivity index (χ2v) is 8.78. The number of piperazine rings is 1. The Morgan fingerprint density at radius 1 is 0.833 bits per heavy atom. The molecule has 5 rings (SSSR count). The maximum atomic E-state index is 13.2. The number of anilines is 2. The molecule has 0 radical (unpaired) electrons. The summed E-state index contributed by atoms with van der Waals surface area (Å²) in [5.41, 5.74) is 3.14. The van der Waals surface area contributed by atoms with Gasteiger partial charge in [-0.3, -0.25) is 9.80 Å². The number of carbonyl (C=O) groups is 2. The first kappa shape index (κ1) is 23.5. The molecule has 7 nitrogen and oxygen atoms in total. The average Bonchev–Trinajstić information content (AvgIpc) is 3.39. The highest BCUT2D eigenvalue weighted by Gasteiger charge is 2.33. The second-order valence-electron chi connectivity index (χ2n) is 8.78. The number of carbonyl (C=O) groups excluding carboxylic acids is 2. The van der Waals surface area contributed by atoms with Gasteiger partial charge < -0.3 is 14.5 Å². The molecule has 8 heteroatoms. The van der Waals surface area contributed by atoms with Gasteiger partial charge in [-0.2, -0.15) is 5.10 Å². The lowest BCUT2D eigenvalue weighted by Gasteiger charge is -2.36. The van der Waals surface area contributed by atoms with E-state index in [0.717, 1.165) is 16.9 Å². The van der Waals surface area contributed by atoms with Gasteiger partial charge in [0.1, 0.15) is 11.5 Å². The van der Waals surface area contributed by atoms with E-state index in [9.17, 15) is 14.0 Å². The number of rotatable bonds is 6. The van der Waals surface area contributed by atoms with Crippen LogP contribution in [0, 0.1) is 5.82 Å². The summed E-state index contributed by atoms with van der Waals surface area (Å²) in [6.07, 6.45) is 0.391. The number of hydrazone groups is 1. The van der Waals surface area contributed by atoms with Crippen LogP contribution in [0.5, 0.6) is 0 Å². The van der Waals surface area contributed by atoms with Crippen molar-refractivity contribution in [2.45, 2.75) is 12.5 Å². The number of halogens is 1. The average molecular weight is 487 g/mol. The molecule has 2 heterocycles. The molecule has 3 aromatic rings. The van der Waals surface area contributed by atoms with Crippen molar-refractivity contribution in [2.75, 3.05) is 42.7 Å². The largest absolute Gasteiger partial charge is 0.451 e. The Morgan fingerprint density at radius 2 is 1.47 bits per heavy atom. The van der Waals surface area contributed by atoms with Crippen LogP contribution < -0.4 is 9.91 Å². The molecule has 1 fully saturated rings. The summed E-state index contributed by atoms with van der Waals surface area (Å²) < 4.78 is 18.6. The smallest absolute Gasteiger partial charge is 0.355 e. The summed E-state index contributed by atoms with van der Waals surface area (Å²) in [5, 5.41) is 6.41. The fourth-order valence-corrected chi connectivity index (χ4v) is 4.55. The third kappa shape index (κ3) is 5.22. The first-order valence-corrected chi connectivity index (χ1v) is 12.0. The monoisotopic (exact) mass is 486 g/mol. The Kier molecular flexibility index (Phi) is 6.93. The number of ether oxygens (including phenoxy) is 1. The molecule has 1 amide bonds. The number of esters is 1. The number of hydrogen-bond acceptors (Lipinski definition) is 6. The van der Waals surface area contributed by atoms with Crippen LogP contribution in [0.25, 0.3) is 0 Å². The molecular formula is C28H27FN4O3. The van der Waals surface area contributed by atoms with Crippen molar-refractivity contribution in [3.05, 3.63) is 96.3 Å². The normalized spacial score (nSPS) is 17.6. The Morgan fingerprint density at radius 3 is 2.14 bits per heavy atom. The molecule has 0 aliphatic carbocycles. The van der Waals surface area contributed by atoms with E-state index < -0.39 is 5.97 Å². The Hall–Kier alpha value is -4.20. The summed E-state index contributed by atoms with van der Waals surface area (Å²) in [6.45, 7) is 1.94. The minimum Gasteiger partial charge on any atom is -0.451 e. The van der Waals surface area contributed by atoms with Gasteiger partial charge in [0.05, 0.1) is 11.7 Å². The van der Waals surface area contributed by atoms with E-state index in [1.807, 2.05) is 65.7 Å². The molecule has 1 unspecified atom stereocenters. The van der Waals surface area contributed by atoms with E-state index >= 15 is 0 Å². The fraction of sp³-hybridized carbons (Fsp3) is 0.250. The lowest BCUT2D eigenvalue weighted by molar-refractivity contribution is -0.147. The minimum atomic E-state index is -0.576. The highest BCUT2D eigenvalue weighted by Crippen LogP contribution is 2.35. The van der Waals surface area contributed by atoms with Gasteiger partial charge >= 0.3 is 5.97 Å². The van der Waals surface area contributed by atoms with Crippen LogP contribution in [0.4, 0.5) is 15.8 Å². The lowest BCUT2D eigenvalue weighted by Crippen LogP contribution is -2.50. The van der Waals surface area contributed by atoms with Crippen molar-refractivity contribution in [1.29, 1.82) is 0 Å². The third-order valence-electron chi connectivity index (χ3n) is 6.50. The van der Waals surface area contributed by atoms with Gasteiger partial charge in [-0.05, 0) is 42.0 Å². The second kappa shape index (κ2) is 10.6. The van der Waals surface area contributed by atoms with E-state index in [1.54, 1.807) is 17.0 Å². The third-order valence-corrected chi connectivity index (χ3v) is 6.50. The Labute approximate surface area is 209 Å². The Balaban J connectivity index is 1.18. The molecule has 184 valence electrons. The number of amides is 1. The molecule has 2 aliphatic rings. The zero-order valence-electron chi connectivity index (χ0n) is 19.8. The molecule has 1 saturated heterocycles. The van der Waals surface area contributed by atoms with Crippen LogP contribution in [-0.2, 0) is 14.3 Å². The molecule has 2 aliphatic heterocycles. The van der Waals surface area contributed by atoms with E-state index in [4.69, 9.17) is 4.74 Å². The van der Waals surface area contributed by atoms with Crippen molar-refractivity contribution >= 4 is 29.0 Å². The van der Waals surface area contributed by atoms with Crippen LogP contribution in [0.3, 0.4) is 0 Å². The van der Waals surface area contributed by atoms with Gasteiger partial charge in [0.15, 0.2) is 6.61 Å². The van der Waals surface area contributed by atoms with Crippen LogP contribution in [-0.4, -0.2) is 55.3 Å². The van der Waals surface area contributed by atoms with Crippen molar-refractivity contribution in [1.82, 2.24) is 4.90 Å². The number of nitrogens with zero attached hydrogens (tertiary/aromatic N) is 4. The summed E-state index contributed by atoms with van der Waals surface area (Å²) in [4.78, 5) is 29.4. The van der Waals surface area contributed by atoms with E-state index in [2.05, 4.69) is 10.0 Å². The standard InChI is InChI=1S/C28H27FN4O3/c29-22-11-13-23(14-12-22)31-15-17-32(18-16-31)27(34)20-36-28(35)25-19-26(21-7-3-1-4-8-21)33(30-25)24-9-5-2-6-10-24/h1-14,26H,15-20H2. The van der Waals surface area contributed by atoms with Crippen LogP contribution in [0.1, 0.15) is 18.0 Å². The van der Waals surface area contributed by atoms with E-state index in [0.29, 0.717) is 38.3 Å². The maximum absolute atomic E-state index is 13.2. The molecule has 0 bridgehead atoms. The van der Waals surface area contributed by atoms with E-state index in [1.165, 1.54) is 12.1 Å². The molecule has 1 atom stereocenters. The fourth-order valence-electron chi connectivity index (χ4n) is 4.55. The first-order valence-electron chi connectivity index (χ1n) is 12.0. The quantitative estimate of drug-likeness (QED) is 0.493.